The lowest BCUT2D eigenvalue weighted by atomic mass is 10.1. The van der Waals surface area contributed by atoms with Crippen molar-refractivity contribution in [1.29, 1.82) is 0 Å². The molecule has 2 N–H and O–H groups in total. The number of pyridine rings is 1. The molecule has 0 aliphatic carbocycles. The normalized spacial score (nSPS) is 17.7. The van der Waals surface area contributed by atoms with Gasteiger partial charge in [0.05, 0.1) is 0 Å². The van der Waals surface area contributed by atoms with Crippen molar-refractivity contribution in [1.82, 2.24) is 9.88 Å². The largest absolute Gasteiger partial charge is 0.383 e. The van der Waals surface area contributed by atoms with Crippen LogP contribution in [0.4, 0.5) is 5.82 Å². The molecule has 0 saturated carbocycles. The molecule has 1 fully saturated rings. The van der Waals surface area contributed by atoms with E-state index in [2.05, 4.69) is 22.0 Å². The summed E-state index contributed by atoms with van der Waals surface area (Å²) in [5.41, 5.74) is 8.23. The van der Waals surface area contributed by atoms with Crippen LogP contribution >= 0.6 is 0 Å². The summed E-state index contributed by atoms with van der Waals surface area (Å²) in [6.45, 7) is 5.32. The van der Waals surface area contributed by atoms with Crippen LogP contribution in [-0.2, 0) is 6.54 Å². The monoisotopic (exact) mass is 231 g/mol. The molecule has 1 aromatic rings. The fraction of sp³-hybridized carbons (Fsp3) is 0.500. The molecule has 0 atom stereocenters. The van der Waals surface area contributed by atoms with Crippen molar-refractivity contribution in [2.75, 3.05) is 18.8 Å². The Bertz CT molecular complexity index is 392. The first-order valence-electron chi connectivity index (χ1n) is 6.39. The number of nitrogens with two attached hydrogens (primary N) is 1. The van der Waals surface area contributed by atoms with Crippen LogP contribution in [0.2, 0.25) is 0 Å². The summed E-state index contributed by atoms with van der Waals surface area (Å²) in [5.74, 6) is 0.670. The number of hydrogen-bond donors (Lipinski definition) is 1. The second kappa shape index (κ2) is 5.82. The van der Waals surface area contributed by atoms with Crippen LogP contribution in [0, 0.1) is 0 Å². The van der Waals surface area contributed by atoms with Crippen LogP contribution in [0.1, 0.15) is 37.3 Å². The number of hydrogen-bond acceptors (Lipinski definition) is 3. The van der Waals surface area contributed by atoms with E-state index in [9.17, 15) is 0 Å². The Kier molecular flexibility index (Phi) is 4.15. The molecule has 2 rings (SSSR count). The summed E-state index contributed by atoms with van der Waals surface area (Å²) < 4.78 is 0. The van der Waals surface area contributed by atoms with Gasteiger partial charge in [0, 0.05) is 18.3 Å². The summed E-state index contributed by atoms with van der Waals surface area (Å²) in [7, 11) is 0. The van der Waals surface area contributed by atoms with Gasteiger partial charge in [0.1, 0.15) is 5.82 Å². The molecule has 3 heteroatoms. The number of nitrogen functional groups attached to an aromatic ring is 1. The molecule has 0 aromatic carbocycles. The van der Waals surface area contributed by atoms with E-state index in [0.717, 1.165) is 17.7 Å². The van der Waals surface area contributed by atoms with Gasteiger partial charge >= 0.3 is 0 Å². The Morgan fingerprint density at radius 2 is 2.12 bits per heavy atom. The Labute approximate surface area is 103 Å². The zero-order valence-electron chi connectivity index (χ0n) is 10.5. The van der Waals surface area contributed by atoms with Crippen LogP contribution in [-0.4, -0.2) is 23.0 Å². The number of piperidine rings is 1. The van der Waals surface area contributed by atoms with Crippen molar-refractivity contribution in [3.05, 3.63) is 29.5 Å². The van der Waals surface area contributed by atoms with Gasteiger partial charge in [0.25, 0.3) is 0 Å². The first-order valence-corrected chi connectivity index (χ1v) is 6.39. The highest BCUT2D eigenvalue weighted by atomic mass is 15.1. The van der Waals surface area contributed by atoms with Crippen molar-refractivity contribution >= 4 is 11.9 Å². The van der Waals surface area contributed by atoms with Gasteiger partial charge in [0.2, 0.25) is 0 Å². The maximum atomic E-state index is 5.94. The van der Waals surface area contributed by atoms with E-state index in [1.54, 1.807) is 0 Å². The van der Waals surface area contributed by atoms with Gasteiger partial charge in [-0.1, -0.05) is 18.6 Å². The molecule has 92 valence electrons. The van der Waals surface area contributed by atoms with Crippen molar-refractivity contribution in [2.24, 2.45) is 0 Å². The molecule has 0 bridgehead atoms. The smallest absolute Gasteiger partial charge is 0.127 e. The average molecular weight is 231 g/mol. The molecule has 0 unspecified atom stereocenters. The first-order chi connectivity index (χ1) is 8.29. The molecular weight excluding hydrogens is 210 g/mol. The maximum Gasteiger partial charge on any atom is 0.127 e. The van der Waals surface area contributed by atoms with Crippen LogP contribution in [0.25, 0.3) is 6.08 Å². The quantitative estimate of drug-likeness (QED) is 0.869. The Morgan fingerprint density at radius 3 is 2.82 bits per heavy atom. The third-order valence-electron chi connectivity index (χ3n) is 3.22. The lowest BCUT2D eigenvalue weighted by Crippen LogP contribution is -2.29. The number of allylic oxidation sites excluding steroid dienone is 1. The topological polar surface area (TPSA) is 42.1 Å². The predicted octanol–water partition coefficient (Wildman–Crippen LogP) is 2.68. The summed E-state index contributed by atoms with van der Waals surface area (Å²) in [4.78, 5) is 6.73. The molecule has 3 nitrogen and oxygen atoms in total. The minimum Gasteiger partial charge on any atom is -0.383 e. The van der Waals surface area contributed by atoms with Gasteiger partial charge in [-0.3, -0.25) is 4.90 Å². The fourth-order valence-corrected chi connectivity index (χ4v) is 2.31. The molecule has 17 heavy (non-hydrogen) atoms. The Hall–Kier alpha value is -1.35. The molecule has 1 aromatic heterocycles. The van der Waals surface area contributed by atoms with Gasteiger partial charge in [-0.2, -0.15) is 0 Å². The minimum atomic E-state index is 0.670. The molecule has 1 aliphatic heterocycles. The number of rotatable bonds is 3. The Morgan fingerprint density at radius 1 is 1.35 bits per heavy atom. The summed E-state index contributed by atoms with van der Waals surface area (Å²) in [6, 6.07) is 2.15. The molecule has 0 radical (unpaired) electrons. The van der Waals surface area contributed by atoms with E-state index in [1.165, 1.54) is 32.4 Å². The van der Waals surface area contributed by atoms with Crippen LogP contribution < -0.4 is 5.73 Å². The van der Waals surface area contributed by atoms with Gasteiger partial charge in [-0.25, -0.2) is 4.98 Å². The molecular formula is C14H21N3. The van der Waals surface area contributed by atoms with Gasteiger partial charge < -0.3 is 5.73 Å². The van der Waals surface area contributed by atoms with E-state index in [4.69, 9.17) is 5.73 Å². The highest BCUT2D eigenvalue weighted by Crippen LogP contribution is 2.17. The van der Waals surface area contributed by atoms with Crippen LogP contribution in [0.5, 0.6) is 0 Å². The zero-order valence-corrected chi connectivity index (χ0v) is 10.5. The molecule has 2 heterocycles. The number of likely N-dealkylation sites (tertiary alicyclic amines) is 1. The lowest BCUT2D eigenvalue weighted by molar-refractivity contribution is 0.221. The molecule has 1 aliphatic rings. The lowest BCUT2D eigenvalue weighted by Gasteiger charge is -2.26. The number of anilines is 1. The van der Waals surface area contributed by atoms with E-state index in [-0.39, 0.29) is 0 Å². The molecule has 0 spiro atoms. The zero-order chi connectivity index (χ0) is 12.1. The number of nitrogens with zero attached hydrogens (tertiary/aromatic N) is 2. The number of aromatic nitrogens is 1. The highest BCUT2D eigenvalue weighted by Gasteiger charge is 2.12. The minimum absolute atomic E-state index is 0.670. The van der Waals surface area contributed by atoms with E-state index in [1.807, 2.05) is 19.2 Å². The van der Waals surface area contributed by atoms with E-state index < -0.39 is 0 Å². The standard InChI is InChI=1S/C14H21N3/c1-2-6-12-9-13(14(15)16-10-12)11-17-7-4-3-5-8-17/h2,6,9-10H,3-5,7-8,11H2,1H3,(H2,15,16)/b6-2+. The Balaban J connectivity index is 2.10. The molecule has 0 amide bonds. The summed E-state index contributed by atoms with van der Waals surface area (Å²) >= 11 is 0. The second-order valence-electron chi connectivity index (χ2n) is 4.65. The fourth-order valence-electron chi connectivity index (χ4n) is 2.31. The third-order valence-corrected chi connectivity index (χ3v) is 3.22. The summed E-state index contributed by atoms with van der Waals surface area (Å²) in [5, 5.41) is 0. The summed E-state index contributed by atoms with van der Waals surface area (Å²) in [6.07, 6.45) is 9.89. The van der Waals surface area contributed by atoms with Gasteiger partial charge in [-0.15, -0.1) is 0 Å². The maximum absolute atomic E-state index is 5.94. The SMILES string of the molecule is C/C=C/c1cnc(N)c(CN2CCCCC2)c1. The molecule has 1 saturated heterocycles. The predicted molar refractivity (Wildman–Crippen MR) is 72.5 cm³/mol. The van der Waals surface area contributed by atoms with E-state index in [0.29, 0.717) is 5.82 Å². The first kappa shape index (κ1) is 12.1. The van der Waals surface area contributed by atoms with Crippen molar-refractivity contribution < 1.29 is 0 Å². The van der Waals surface area contributed by atoms with Crippen molar-refractivity contribution in [3.8, 4) is 0 Å². The van der Waals surface area contributed by atoms with Gasteiger partial charge in [0.15, 0.2) is 0 Å². The average Bonchev–Trinajstić information content (AvgIpc) is 2.35. The van der Waals surface area contributed by atoms with Crippen LogP contribution in [0.3, 0.4) is 0 Å². The highest BCUT2D eigenvalue weighted by molar-refractivity contribution is 5.53. The van der Waals surface area contributed by atoms with Crippen molar-refractivity contribution in [2.45, 2.75) is 32.7 Å². The van der Waals surface area contributed by atoms with Gasteiger partial charge in [-0.05, 0) is 44.5 Å². The second-order valence-corrected chi connectivity index (χ2v) is 4.65. The van der Waals surface area contributed by atoms with Crippen molar-refractivity contribution in [3.63, 3.8) is 0 Å². The third kappa shape index (κ3) is 3.30. The van der Waals surface area contributed by atoms with E-state index >= 15 is 0 Å². The van der Waals surface area contributed by atoms with Crippen LogP contribution in [0.15, 0.2) is 18.3 Å².